The van der Waals surface area contributed by atoms with Crippen molar-refractivity contribution in [3.05, 3.63) is 33.9 Å². The maximum atomic E-state index is 12.2. The fourth-order valence-electron chi connectivity index (χ4n) is 1.83. The number of hydrogen-bond acceptors (Lipinski definition) is 5. The van der Waals surface area contributed by atoms with Gasteiger partial charge in [-0.15, -0.1) is 24.2 Å². The molecule has 0 aliphatic carbocycles. The Hall–Kier alpha value is -1.31. The molecule has 0 saturated carbocycles. The van der Waals surface area contributed by atoms with Gasteiger partial charge in [0.1, 0.15) is 5.56 Å². The van der Waals surface area contributed by atoms with E-state index in [0.29, 0.717) is 6.54 Å². The first kappa shape index (κ1) is 20.7. The van der Waals surface area contributed by atoms with Gasteiger partial charge in [0, 0.05) is 23.0 Å². The molecule has 0 bridgehead atoms. The van der Waals surface area contributed by atoms with Crippen LogP contribution < -0.4 is 11.1 Å². The van der Waals surface area contributed by atoms with E-state index in [1.807, 2.05) is 20.1 Å². The van der Waals surface area contributed by atoms with Gasteiger partial charge in [-0.05, 0) is 31.2 Å². The number of carbonyl (C=O) groups excluding carboxylic acids is 1. The fourth-order valence-corrected chi connectivity index (χ4v) is 2.27. The Bertz CT molecular complexity index is 536. The second kappa shape index (κ2) is 8.97. The van der Waals surface area contributed by atoms with Gasteiger partial charge in [-0.2, -0.15) is 0 Å². The second-order valence-electron chi connectivity index (χ2n) is 4.89. The van der Waals surface area contributed by atoms with Gasteiger partial charge in [0.15, 0.2) is 0 Å². The van der Waals surface area contributed by atoms with E-state index in [2.05, 4.69) is 5.32 Å². The zero-order valence-electron chi connectivity index (χ0n) is 12.9. The third-order valence-electron chi connectivity index (χ3n) is 3.65. The maximum absolute atomic E-state index is 12.2. The standard InChI is InChI=1S/C14H21N3O3S.ClH/c1-4-14(15,5-2)9-16-13(18)11-8-10(21-3)6-7-12(11)17(19)20;/h6-8H,4-5,9,15H2,1-3H3,(H,16,18);1H. The molecular formula is C14H22ClN3O3S. The van der Waals surface area contributed by atoms with Crippen LogP contribution in [-0.4, -0.2) is 29.2 Å². The van der Waals surface area contributed by atoms with E-state index in [1.54, 1.807) is 6.07 Å². The van der Waals surface area contributed by atoms with Crippen molar-refractivity contribution in [2.75, 3.05) is 12.8 Å². The Balaban J connectivity index is 0.00000441. The van der Waals surface area contributed by atoms with E-state index >= 15 is 0 Å². The molecule has 8 heteroatoms. The van der Waals surface area contributed by atoms with E-state index in [9.17, 15) is 14.9 Å². The largest absolute Gasteiger partial charge is 0.350 e. The zero-order chi connectivity index (χ0) is 16.0. The third-order valence-corrected chi connectivity index (χ3v) is 4.38. The van der Waals surface area contributed by atoms with Gasteiger partial charge in [-0.1, -0.05) is 13.8 Å². The summed E-state index contributed by atoms with van der Waals surface area (Å²) in [6.07, 6.45) is 3.29. The smallest absolute Gasteiger partial charge is 0.282 e. The normalized spacial score (nSPS) is 10.7. The number of rotatable bonds is 7. The van der Waals surface area contributed by atoms with E-state index in [4.69, 9.17) is 5.73 Å². The number of nitrogens with zero attached hydrogens (tertiary/aromatic N) is 1. The van der Waals surface area contributed by atoms with E-state index in [-0.39, 0.29) is 23.7 Å². The Morgan fingerprint density at radius 2 is 2.00 bits per heavy atom. The number of nitro benzene ring substituents is 1. The van der Waals surface area contributed by atoms with Crippen LogP contribution in [0.4, 0.5) is 5.69 Å². The molecule has 22 heavy (non-hydrogen) atoms. The molecule has 0 aliphatic rings. The van der Waals surface area contributed by atoms with E-state index in [0.717, 1.165) is 17.7 Å². The number of thioether (sulfide) groups is 1. The summed E-state index contributed by atoms with van der Waals surface area (Å²) in [4.78, 5) is 23.5. The van der Waals surface area contributed by atoms with Crippen LogP contribution in [-0.2, 0) is 0 Å². The second-order valence-corrected chi connectivity index (χ2v) is 5.77. The molecule has 0 fully saturated rings. The van der Waals surface area contributed by atoms with Crippen LogP contribution in [0.15, 0.2) is 23.1 Å². The van der Waals surface area contributed by atoms with Crippen molar-refractivity contribution in [2.24, 2.45) is 5.73 Å². The quantitative estimate of drug-likeness (QED) is 0.449. The lowest BCUT2D eigenvalue weighted by atomic mass is 9.94. The molecular weight excluding hydrogens is 326 g/mol. The maximum Gasteiger partial charge on any atom is 0.282 e. The van der Waals surface area contributed by atoms with Crippen molar-refractivity contribution >= 4 is 35.8 Å². The van der Waals surface area contributed by atoms with Gasteiger partial charge in [0.2, 0.25) is 0 Å². The number of halogens is 1. The topological polar surface area (TPSA) is 98.3 Å². The summed E-state index contributed by atoms with van der Waals surface area (Å²) in [5.74, 6) is -0.464. The lowest BCUT2D eigenvalue weighted by Gasteiger charge is -2.26. The Kier molecular flexibility index (Phi) is 8.44. The summed E-state index contributed by atoms with van der Waals surface area (Å²) in [6.45, 7) is 4.19. The van der Waals surface area contributed by atoms with Crippen molar-refractivity contribution in [3.8, 4) is 0 Å². The van der Waals surface area contributed by atoms with Gasteiger partial charge in [-0.25, -0.2) is 0 Å². The molecule has 124 valence electrons. The first-order valence-electron chi connectivity index (χ1n) is 6.76. The molecule has 0 aliphatic heterocycles. The van der Waals surface area contributed by atoms with Crippen LogP contribution >= 0.6 is 24.2 Å². The molecule has 0 saturated heterocycles. The van der Waals surface area contributed by atoms with Gasteiger partial charge >= 0.3 is 0 Å². The van der Waals surface area contributed by atoms with Crippen LogP contribution in [0.1, 0.15) is 37.0 Å². The summed E-state index contributed by atoms with van der Waals surface area (Å²) >= 11 is 1.43. The number of carbonyl (C=O) groups is 1. The summed E-state index contributed by atoms with van der Waals surface area (Å²) in [5, 5.41) is 13.7. The number of benzene rings is 1. The predicted molar refractivity (Wildman–Crippen MR) is 92.0 cm³/mol. The van der Waals surface area contributed by atoms with Crippen LogP contribution in [0.25, 0.3) is 0 Å². The van der Waals surface area contributed by atoms with Crippen LogP contribution in [0.3, 0.4) is 0 Å². The number of amides is 1. The first-order valence-corrected chi connectivity index (χ1v) is 7.99. The molecule has 0 radical (unpaired) electrons. The fraction of sp³-hybridized carbons (Fsp3) is 0.500. The van der Waals surface area contributed by atoms with Crippen molar-refractivity contribution in [2.45, 2.75) is 37.1 Å². The molecule has 0 unspecified atom stereocenters. The van der Waals surface area contributed by atoms with Gasteiger partial charge < -0.3 is 11.1 Å². The molecule has 0 atom stereocenters. The summed E-state index contributed by atoms with van der Waals surface area (Å²) in [7, 11) is 0. The highest BCUT2D eigenvalue weighted by atomic mass is 35.5. The van der Waals surface area contributed by atoms with Gasteiger partial charge in [-0.3, -0.25) is 14.9 Å². The lowest BCUT2D eigenvalue weighted by Crippen LogP contribution is -2.49. The van der Waals surface area contributed by atoms with Crippen molar-refractivity contribution in [3.63, 3.8) is 0 Å². The van der Waals surface area contributed by atoms with Crippen LogP contribution in [0.5, 0.6) is 0 Å². The highest BCUT2D eigenvalue weighted by Gasteiger charge is 2.24. The minimum atomic E-state index is -0.547. The Labute approximate surface area is 140 Å². The Morgan fingerprint density at radius 3 is 2.45 bits per heavy atom. The zero-order valence-corrected chi connectivity index (χ0v) is 14.6. The summed E-state index contributed by atoms with van der Waals surface area (Å²) in [5.41, 5.74) is 5.52. The molecule has 1 aromatic carbocycles. The molecule has 1 rings (SSSR count). The van der Waals surface area contributed by atoms with Gasteiger partial charge in [0.25, 0.3) is 11.6 Å². The molecule has 1 aromatic rings. The van der Waals surface area contributed by atoms with Gasteiger partial charge in [0.05, 0.1) is 4.92 Å². The SMILES string of the molecule is CCC(N)(CC)CNC(=O)c1cc(SC)ccc1[N+](=O)[O-].Cl. The first-order chi connectivity index (χ1) is 9.86. The average Bonchev–Trinajstić information content (AvgIpc) is 2.51. The van der Waals surface area contributed by atoms with E-state index in [1.165, 1.54) is 23.9 Å². The van der Waals surface area contributed by atoms with Crippen molar-refractivity contribution in [1.82, 2.24) is 5.32 Å². The average molecular weight is 348 g/mol. The van der Waals surface area contributed by atoms with Crippen molar-refractivity contribution in [1.29, 1.82) is 0 Å². The van der Waals surface area contributed by atoms with Crippen LogP contribution in [0.2, 0.25) is 0 Å². The predicted octanol–water partition coefficient (Wildman–Crippen LogP) is 2.99. The summed E-state index contributed by atoms with van der Waals surface area (Å²) in [6, 6.07) is 4.52. The highest BCUT2D eigenvalue weighted by molar-refractivity contribution is 7.98. The van der Waals surface area contributed by atoms with Crippen molar-refractivity contribution < 1.29 is 9.72 Å². The third kappa shape index (κ3) is 5.15. The van der Waals surface area contributed by atoms with Crippen LogP contribution in [0, 0.1) is 10.1 Å². The number of nitro groups is 1. The highest BCUT2D eigenvalue weighted by Crippen LogP contribution is 2.24. The number of nitrogens with two attached hydrogens (primary N) is 1. The molecule has 3 N–H and O–H groups in total. The number of hydrogen-bond donors (Lipinski definition) is 2. The molecule has 1 amide bonds. The number of nitrogens with one attached hydrogen (secondary N) is 1. The van der Waals surface area contributed by atoms with E-state index < -0.39 is 16.4 Å². The summed E-state index contributed by atoms with van der Waals surface area (Å²) < 4.78 is 0. The lowest BCUT2D eigenvalue weighted by molar-refractivity contribution is -0.385. The minimum Gasteiger partial charge on any atom is -0.350 e. The minimum absolute atomic E-state index is 0. The monoisotopic (exact) mass is 347 g/mol. The molecule has 6 nitrogen and oxygen atoms in total. The Morgan fingerprint density at radius 1 is 1.41 bits per heavy atom. The molecule has 0 heterocycles. The molecule has 0 spiro atoms. The molecule has 0 aromatic heterocycles.